The molecule has 1 aliphatic heterocycles. The normalized spacial score (nSPS) is 29.9. The highest BCUT2D eigenvalue weighted by Gasteiger charge is 2.36. The van der Waals surface area contributed by atoms with Crippen LogP contribution in [0.15, 0.2) is 0 Å². The molecule has 3 atom stereocenters. The van der Waals surface area contributed by atoms with Crippen LogP contribution < -0.4 is 5.73 Å². The SMILES string of the molecule is CCC(C)(C)C1CCc2nc3n(c2C1)CC(N)CC3C. The summed E-state index contributed by atoms with van der Waals surface area (Å²) in [5, 5.41) is 0. The summed E-state index contributed by atoms with van der Waals surface area (Å²) in [7, 11) is 0. The van der Waals surface area contributed by atoms with E-state index in [1.54, 1.807) is 0 Å². The van der Waals surface area contributed by atoms with E-state index in [9.17, 15) is 0 Å². The molecule has 3 unspecified atom stereocenters. The van der Waals surface area contributed by atoms with Gasteiger partial charge in [0.05, 0.1) is 5.69 Å². The fourth-order valence-corrected chi connectivity index (χ4v) is 4.04. The van der Waals surface area contributed by atoms with Crippen molar-refractivity contribution >= 4 is 0 Å². The van der Waals surface area contributed by atoms with Gasteiger partial charge in [-0.25, -0.2) is 4.98 Å². The van der Waals surface area contributed by atoms with E-state index in [2.05, 4.69) is 32.3 Å². The molecule has 112 valence electrons. The average Bonchev–Trinajstić information content (AvgIpc) is 2.77. The molecule has 2 heterocycles. The van der Waals surface area contributed by atoms with Gasteiger partial charge in [-0.3, -0.25) is 0 Å². The molecule has 0 saturated heterocycles. The minimum atomic E-state index is 0.301. The van der Waals surface area contributed by atoms with E-state index in [4.69, 9.17) is 10.7 Å². The van der Waals surface area contributed by atoms with Gasteiger partial charge in [0.15, 0.2) is 0 Å². The first-order valence-electron chi connectivity index (χ1n) is 8.26. The zero-order valence-electron chi connectivity index (χ0n) is 13.4. The Morgan fingerprint density at radius 2 is 2.15 bits per heavy atom. The van der Waals surface area contributed by atoms with Gasteiger partial charge in [-0.05, 0) is 37.0 Å². The smallest absolute Gasteiger partial charge is 0.112 e. The molecule has 20 heavy (non-hydrogen) atoms. The van der Waals surface area contributed by atoms with E-state index in [0.29, 0.717) is 17.4 Å². The van der Waals surface area contributed by atoms with E-state index in [-0.39, 0.29) is 0 Å². The first-order valence-corrected chi connectivity index (χ1v) is 8.26. The van der Waals surface area contributed by atoms with Crippen LogP contribution in [0, 0.1) is 11.3 Å². The quantitative estimate of drug-likeness (QED) is 0.900. The summed E-state index contributed by atoms with van der Waals surface area (Å²) in [5.74, 6) is 2.60. The van der Waals surface area contributed by atoms with Gasteiger partial charge in [-0.2, -0.15) is 0 Å². The third kappa shape index (κ3) is 2.20. The minimum absolute atomic E-state index is 0.301. The molecule has 2 aliphatic rings. The number of hydrogen-bond donors (Lipinski definition) is 1. The minimum Gasteiger partial charge on any atom is -0.330 e. The van der Waals surface area contributed by atoms with Crippen LogP contribution in [-0.4, -0.2) is 15.6 Å². The Bertz CT molecular complexity index is 501. The van der Waals surface area contributed by atoms with Crippen molar-refractivity contribution in [3.05, 3.63) is 17.2 Å². The lowest BCUT2D eigenvalue weighted by Gasteiger charge is -2.37. The van der Waals surface area contributed by atoms with E-state index < -0.39 is 0 Å². The molecule has 1 aromatic heterocycles. The summed E-state index contributed by atoms with van der Waals surface area (Å²) in [5.41, 5.74) is 9.53. The van der Waals surface area contributed by atoms with E-state index in [1.165, 1.54) is 36.5 Å². The van der Waals surface area contributed by atoms with Gasteiger partial charge in [-0.1, -0.05) is 34.1 Å². The monoisotopic (exact) mass is 275 g/mol. The largest absolute Gasteiger partial charge is 0.330 e. The summed E-state index contributed by atoms with van der Waals surface area (Å²) in [4.78, 5) is 4.96. The molecule has 0 saturated carbocycles. The van der Waals surface area contributed by atoms with Crippen molar-refractivity contribution in [1.82, 2.24) is 9.55 Å². The lowest BCUT2D eigenvalue weighted by Crippen LogP contribution is -2.35. The Kier molecular flexibility index (Phi) is 3.44. The van der Waals surface area contributed by atoms with Crippen LogP contribution >= 0.6 is 0 Å². The Balaban J connectivity index is 1.94. The van der Waals surface area contributed by atoms with Gasteiger partial charge in [0.2, 0.25) is 0 Å². The zero-order chi connectivity index (χ0) is 14.5. The lowest BCUT2D eigenvalue weighted by atomic mass is 9.70. The number of aryl methyl sites for hydroxylation is 1. The summed E-state index contributed by atoms with van der Waals surface area (Å²) in [6.07, 6.45) is 5.99. The van der Waals surface area contributed by atoms with Gasteiger partial charge < -0.3 is 10.3 Å². The third-order valence-electron chi connectivity index (χ3n) is 5.88. The molecular formula is C17H29N3. The highest BCUT2D eigenvalue weighted by Crippen LogP contribution is 2.41. The number of imidazole rings is 1. The van der Waals surface area contributed by atoms with Crippen molar-refractivity contribution in [2.45, 2.75) is 78.3 Å². The number of nitrogens with two attached hydrogens (primary N) is 1. The van der Waals surface area contributed by atoms with Crippen molar-refractivity contribution in [3.63, 3.8) is 0 Å². The van der Waals surface area contributed by atoms with E-state index >= 15 is 0 Å². The summed E-state index contributed by atoms with van der Waals surface area (Å²) in [6, 6.07) is 0.301. The van der Waals surface area contributed by atoms with Crippen molar-refractivity contribution in [1.29, 1.82) is 0 Å². The summed E-state index contributed by atoms with van der Waals surface area (Å²) >= 11 is 0. The molecular weight excluding hydrogens is 246 g/mol. The molecule has 0 fully saturated rings. The fourth-order valence-electron chi connectivity index (χ4n) is 4.04. The van der Waals surface area contributed by atoms with Gasteiger partial charge >= 0.3 is 0 Å². The highest BCUT2D eigenvalue weighted by molar-refractivity contribution is 5.25. The van der Waals surface area contributed by atoms with Crippen LogP contribution in [0.3, 0.4) is 0 Å². The summed E-state index contributed by atoms with van der Waals surface area (Å²) < 4.78 is 2.46. The van der Waals surface area contributed by atoms with Gasteiger partial charge in [0.25, 0.3) is 0 Å². The van der Waals surface area contributed by atoms with Gasteiger partial charge in [0, 0.05) is 24.2 Å². The maximum atomic E-state index is 6.23. The molecule has 1 aliphatic carbocycles. The highest BCUT2D eigenvalue weighted by atomic mass is 15.1. The Morgan fingerprint density at radius 1 is 1.40 bits per heavy atom. The molecule has 0 radical (unpaired) electrons. The Hall–Kier alpha value is -0.830. The van der Waals surface area contributed by atoms with Crippen LogP contribution in [0.4, 0.5) is 0 Å². The topological polar surface area (TPSA) is 43.8 Å². The molecule has 0 spiro atoms. The van der Waals surface area contributed by atoms with Crippen LogP contribution in [0.25, 0.3) is 0 Å². The molecule has 0 amide bonds. The number of aromatic nitrogens is 2. The zero-order valence-corrected chi connectivity index (χ0v) is 13.4. The third-order valence-corrected chi connectivity index (χ3v) is 5.88. The average molecular weight is 275 g/mol. The molecule has 2 N–H and O–H groups in total. The Labute approximate surface area is 123 Å². The van der Waals surface area contributed by atoms with E-state index in [0.717, 1.165) is 25.3 Å². The van der Waals surface area contributed by atoms with Crippen molar-refractivity contribution in [2.75, 3.05) is 0 Å². The predicted molar refractivity (Wildman–Crippen MR) is 82.8 cm³/mol. The lowest BCUT2D eigenvalue weighted by molar-refractivity contribution is 0.178. The van der Waals surface area contributed by atoms with Crippen molar-refractivity contribution in [3.8, 4) is 0 Å². The molecule has 0 aromatic carbocycles. The molecule has 3 heteroatoms. The molecule has 3 nitrogen and oxygen atoms in total. The van der Waals surface area contributed by atoms with Crippen molar-refractivity contribution in [2.24, 2.45) is 17.1 Å². The van der Waals surface area contributed by atoms with Crippen molar-refractivity contribution < 1.29 is 0 Å². The fraction of sp³-hybridized carbons (Fsp3) is 0.824. The second-order valence-corrected chi connectivity index (χ2v) is 7.65. The van der Waals surface area contributed by atoms with Crippen LogP contribution in [0.5, 0.6) is 0 Å². The molecule has 0 bridgehead atoms. The first kappa shape index (κ1) is 14.1. The van der Waals surface area contributed by atoms with E-state index in [1.807, 2.05) is 0 Å². The maximum absolute atomic E-state index is 6.23. The first-order chi connectivity index (χ1) is 9.42. The molecule has 3 rings (SSSR count). The second-order valence-electron chi connectivity index (χ2n) is 7.65. The van der Waals surface area contributed by atoms with Gasteiger partial charge in [0.1, 0.15) is 5.82 Å². The Morgan fingerprint density at radius 3 is 2.85 bits per heavy atom. The van der Waals surface area contributed by atoms with Crippen LogP contribution in [0.2, 0.25) is 0 Å². The van der Waals surface area contributed by atoms with Crippen LogP contribution in [-0.2, 0) is 19.4 Å². The maximum Gasteiger partial charge on any atom is 0.112 e. The standard InChI is InChI=1S/C17H29N3/c1-5-17(3,4)12-6-7-14-15(9-12)20-10-13(18)8-11(2)16(20)19-14/h11-13H,5-10,18H2,1-4H3. The van der Waals surface area contributed by atoms with Gasteiger partial charge in [-0.15, -0.1) is 0 Å². The molecule has 1 aromatic rings. The number of hydrogen-bond acceptors (Lipinski definition) is 2. The number of fused-ring (bicyclic) bond motifs is 3. The van der Waals surface area contributed by atoms with Crippen LogP contribution in [0.1, 0.15) is 70.1 Å². The predicted octanol–water partition coefficient (Wildman–Crippen LogP) is 3.26. The number of rotatable bonds is 2. The second kappa shape index (κ2) is 4.87. The number of nitrogens with zero attached hydrogens (tertiary/aromatic N) is 2. The summed E-state index contributed by atoms with van der Waals surface area (Å²) in [6.45, 7) is 10.4.